The second-order valence-electron chi connectivity index (χ2n) is 4.56. The molecular formula is C15H17ClN2O3. The molecule has 0 spiro atoms. The summed E-state index contributed by atoms with van der Waals surface area (Å²) < 4.78 is 10.3. The zero-order chi connectivity index (χ0) is 15.2. The molecule has 21 heavy (non-hydrogen) atoms. The minimum atomic E-state index is -0.511. The Labute approximate surface area is 128 Å². The fraction of sp³-hybridized carbons (Fsp3) is 0.400. The van der Waals surface area contributed by atoms with Gasteiger partial charge in [-0.05, 0) is 37.6 Å². The molecule has 0 radical (unpaired) electrons. The standard InChI is InChI=1S/C15H17ClN2O3/c1-3-5-12(15(19)20-4-2)14-17-13(18-21-14)10-6-8-11(16)9-7-10/h6-9,12H,3-5H2,1-2H3. The van der Waals surface area contributed by atoms with E-state index in [9.17, 15) is 4.79 Å². The van der Waals surface area contributed by atoms with Gasteiger partial charge in [-0.1, -0.05) is 30.1 Å². The zero-order valence-electron chi connectivity index (χ0n) is 12.0. The average molecular weight is 309 g/mol. The molecule has 112 valence electrons. The van der Waals surface area contributed by atoms with Crippen LogP contribution in [-0.2, 0) is 9.53 Å². The summed E-state index contributed by atoms with van der Waals surface area (Å²) in [5, 5.41) is 4.56. The maximum absolute atomic E-state index is 12.0. The van der Waals surface area contributed by atoms with Crippen LogP contribution in [0.2, 0.25) is 5.02 Å². The van der Waals surface area contributed by atoms with Gasteiger partial charge in [-0.25, -0.2) is 0 Å². The molecule has 0 aliphatic carbocycles. The topological polar surface area (TPSA) is 65.2 Å². The second-order valence-corrected chi connectivity index (χ2v) is 4.99. The lowest BCUT2D eigenvalue weighted by molar-refractivity contribution is -0.145. The van der Waals surface area contributed by atoms with Crippen LogP contribution in [0.1, 0.15) is 38.5 Å². The number of halogens is 1. The minimum Gasteiger partial charge on any atom is -0.465 e. The van der Waals surface area contributed by atoms with E-state index in [4.69, 9.17) is 20.9 Å². The van der Waals surface area contributed by atoms with E-state index in [0.717, 1.165) is 12.0 Å². The molecule has 0 bridgehead atoms. The van der Waals surface area contributed by atoms with E-state index in [2.05, 4.69) is 10.1 Å². The first kappa shape index (κ1) is 15.5. The van der Waals surface area contributed by atoms with Gasteiger partial charge in [-0.3, -0.25) is 4.79 Å². The third-order valence-electron chi connectivity index (χ3n) is 2.99. The summed E-state index contributed by atoms with van der Waals surface area (Å²) in [5.74, 6) is -0.110. The van der Waals surface area contributed by atoms with Crippen molar-refractivity contribution in [2.45, 2.75) is 32.6 Å². The number of esters is 1. The highest BCUT2D eigenvalue weighted by Gasteiger charge is 2.27. The monoisotopic (exact) mass is 308 g/mol. The van der Waals surface area contributed by atoms with Gasteiger partial charge in [-0.15, -0.1) is 0 Å². The molecule has 0 aliphatic rings. The summed E-state index contributed by atoms with van der Waals surface area (Å²) in [5.41, 5.74) is 0.786. The van der Waals surface area contributed by atoms with Gasteiger partial charge in [-0.2, -0.15) is 4.98 Å². The smallest absolute Gasteiger partial charge is 0.318 e. The van der Waals surface area contributed by atoms with E-state index < -0.39 is 5.92 Å². The van der Waals surface area contributed by atoms with Gasteiger partial charge < -0.3 is 9.26 Å². The van der Waals surface area contributed by atoms with Gasteiger partial charge in [0.1, 0.15) is 5.92 Å². The number of carbonyl (C=O) groups is 1. The summed E-state index contributed by atoms with van der Waals surface area (Å²) in [7, 11) is 0. The highest BCUT2D eigenvalue weighted by Crippen LogP contribution is 2.25. The Morgan fingerprint density at radius 1 is 1.33 bits per heavy atom. The molecule has 2 rings (SSSR count). The van der Waals surface area contributed by atoms with E-state index in [1.807, 2.05) is 6.92 Å². The minimum absolute atomic E-state index is 0.292. The molecule has 0 saturated carbocycles. The van der Waals surface area contributed by atoms with Crippen LogP contribution in [-0.4, -0.2) is 22.7 Å². The van der Waals surface area contributed by atoms with E-state index in [-0.39, 0.29) is 5.97 Å². The van der Waals surface area contributed by atoms with E-state index in [1.54, 1.807) is 31.2 Å². The predicted molar refractivity (Wildman–Crippen MR) is 79.0 cm³/mol. The molecule has 0 amide bonds. The maximum Gasteiger partial charge on any atom is 0.318 e. The number of ether oxygens (including phenoxy) is 1. The Morgan fingerprint density at radius 2 is 2.05 bits per heavy atom. The van der Waals surface area contributed by atoms with Crippen molar-refractivity contribution in [2.75, 3.05) is 6.61 Å². The molecule has 2 aromatic rings. The van der Waals surface area contributed by atoms with Crippen molar-refractivity contribution in [1.29, 1.82) is 0 Å². The van der Waals surface area contributed by atoms with E-state index in [1.165, 1.54) is 0 Å². The predicted octanol–water partition coefficient (Wildman–Crippen LogP) is 3.84. The van der Waals surface area contributed by atoms with Gasteiger partial charge in [0, 0.05) is 10.6 Å². The second kappa shape index (κ2) is 7.22. The van der Waals surface area contributed by atoms with Crippen molar-refractivity contribution in [3.8, 4) is 11.4 Å². The van der Waals surface area contributed by atoms with Crippen LogP contribution >= 0.6 is 11.6 Å². The lowest BCUT2D eigenvalue weighted by Gasteiger charge is -2.09. The fourth-order valence-corrected chi connectivity index (χ4v) is 2.09. The molecule has 6 heteroatoms. The number of aromatic nitrogens is 2. The Hall–Kier alpha value is -1.88. The van der Waals surface area contributed by atoms with Crippen LogP contribution in [0.15, 0.2) is 28.8 Å². The third kappa shape index (κ3) is 3.82. The van der Waals surface area contributed by atoms with E-state index >= 15 is 0 Å². The van der Waals surface area contributed by atoms with Gasteiger partial charge >= 0.3 is 5.97 Å². The van der Waals surface area contributed by atoms with Crippen LogP contribution in [0, 0.1) is 0 Å². The van der Waals surface area contributed by atoms with Crippen LogP contribution in [0.5, 0.6) is 0 Å². The van der Waals surface area contributed by atoms with Gasteiger partial charge in [0.2, 0.25) is 11.7 Å². The molecular weight excluding hydrogens is 292 g/mol. The van der Waals surface area contributed by atoms with Crippen molar-refractivity contribution in [3.05, 3.63) is 35.2 Å². The molecule has 1 atom stereocenters. The Morgan fingerprint density at radius 3 is 2.67 bits per heavy atom. The molecule has 0 N–H and O–H groups in total. The molecule has 0 fully saturated rings. The third-order valence-corrected chi connectivity index (χ3v) is 3.24. The summed E-state index contributed by atoms with van der Waals surface area (Å²) in [4.78, 5) is 16.3. The molecule has 1 unspecified atom stereocenters. The Bertz CT molecular complexity index is 595. The quantitative estimate of drug-likeness (QED) is 0.759. The van der Waals surface area contributed by atoms with Crippen molar-refractivity contribution in [1.82, 2.24) is 10.1 Å². The highest BCUT2D eigenvalue weighted by atomic mass is 35.5. The number of carbonyl (C=O) groups excluding carboxylic acids is 1. The number of hydrogen-bond donors (Lipinski definition) is 0. The largest absolute Gasteiger partial charge is 0.465 e. The van der Waals surface area contributed by atoms with Crippen molar-refractivity contribution < 1.29 is 14.1 Å². The number of hydrogen-bond acceptors (Lipinski definition) is 5. The van der Waals surface area contributed by atoms with Crippen LogP contribution in [0.3, 0.4) is 0 Å². The molecule has 0 aliphatic heterocycles. The van der Waals surface area contributed by atoms with Crippen LogP contribution < -0.4 is 0 Å². The van der Waals surface area contributed by atoms with Crippen molar-refractivity contribution in [2.24, 2.45) is 0 Å². The number of rotatable bonds is 6. The molecule has 1 aromatic heterocycles. The van der Waals surface area contributed by atoms with Crippen molar-refractivity contribution in [3.63, 3.8) is 0 Å². The number of nitrogens with zero attached hydrogens (tertiary/aromatic N) is 2. The lowest BCUT2D eigenvalue weighted by Crippen LogP contribution is -2.16. The molecule has 1 heterocycles. The van der Waals surface area contributed by atoms with Gasteiger partial charge in [0.05, 0.1) is 6.61 Å². The summed E-state index contributed by atoms with van der Waals surface area (Å²) in [6.45, 7) is 4.09. The maximum atomic E-state index is 12.0. The SMILES string of the molecule is CCCC(C(=O)OCC)c1nc(-c2ccc(Cl)cc2)no1. The Kier molecular flexibility index (Phi) is 5.33. The van der Waals surface area contributed by atoms with Crippen LogP contribution in [0.25, 0.3) is 11.4 Å². The van der Waals surface area contributed by atoms with Crippen molar-refractivity contribution >= 4 is 17.6 Å². The average Bonchev–Trinajstić information content (AvgIpc) is 2.95. The van der Waals surface area contributed by atoms with Crippen LogP contribution in [0.4, 0.5) is 0 Å². The fourth-order valence-electron chi connectivity index (χ4n) is 1.97. The molecule has 5 nitrogen and oxygen atoms in total. The summed E-state index contributed by atoms with van der Waals surface area (Å²) in [6.07, 6.45) is 1.43. The summed E-state index contributed by atoms with van der Waals surface area (Å²) >= 11 is 5.85. The number of benzene rings is 1. The first-order chi connectivity index (χ1) is 10.2. The zero-order valence-corrected chi connectivity index (χ0v) is 12.8. The Balaban J connectivity index is 2.23. The summed E-state index contributed by atoms with van der Waals surface area (Å²) in [6, 6.07) is 7.11. The van der Waals surface area contributed by atoms with Gasteiger partial charge in [0.25, 0.3) is 0 Å². The first-order valence-corrected chi connectivity index (χ1v) is 7.29. The molecule has 1 aromatic carbocycles. The van der Waals surface area contributed by atoms with Gasteiger partial charge in [0.15, 0.2) is 0 Å². The molecule has 0 saturated heterocycles. The highest BCUT2D eigenvalue weighted by molar-refractivity contribution is 6.30. The normalized spacial score (nSPS) is 12.1. The lowest BCUT2D eigenvalue weighted by atomic mass is 10.0. The first-order valence-electron chi connectivity index (χ1n) is 6.91. The van der Waals surface area contributed by atoms with E-state index in [0.29, 0.717) is 29.8 Å².